The number of nitrogens with zero attached hydrogens (tertiary/aromatic N) is 1. The van der Waals surface area contributed by atoms with Crippen molar-refractivity contribution in [2.45, 2.75) is 44.1 Å². The molecule has 2 unspecified atom stereocenters. The van der Waals surface area contributed by atoms with Gasteiger partial charge < -0.3 is 15.2 Å². The summed E-state index contributed by atoms with van der Waals surface area (Å²) in [5.41, 5.74) is 2.89. The maximum absolute atomic E-state index is 13.5. The number of amides is 1. The lowest BCUT2D eigenvalue weighted by Crippen LogP contribution is -2.50. The number of ether oxygens (including phenoxy) is 1. The normalized spacial score (nSPS) is 20.5. The monoisotopic (exact) mass is 458 g/mol. The lowest BCUT2D eigenvalue weighted by atomic mass is 9.77. The number of carboxylic acids is 1. The number of aromatic nitrogens is 1. The van der Waals surface area contributed by atoms with Gasteiger partial charge in [-0.1, -0.05) is 55.5 Å². The van der Waals surface area contributed by atoms with Crippen molar-refractivity contribution in [1.82, 2.24) is 10.3 Å². The molecule has 2 N–H and O–H groups in total. The molecule has 2 aromatic carbocycles. The summed E-state index contributed by atoms with van der Waals surface area (Å²) in [4.78, 5) is 29.8. The lowest BCUT2D eigenvalue weighted by Gasteiger charge is -2.30. The first-order chi connectivity index (χ1) is 16.4. The Morgan fingerprint density at radius 2 is 1.91 bits per heavy atom. The zero-order valence-electron chi connectivity index (χ0n) is 19.5. The summed E-state index contributed by atoms with van der Waals surface area (Å²) < 4.78 is 5.44. The third-order valence-corrected chi connectivity index (χ3v) is 6.82. The van der Waals surface area contributed by atoms with Crippen molar-refractivity contribution in [3.05, 3.63) is 84.2 Å². The topological polar surface area (TPSA) is 88.5 Å². The molecule has 0 radical (unpaired) electrons. The van der Waals surface area contributed by atoms with Crippen LogP contribution in [-0.2, 0) is 21.4 Å². The fourth-order valence-corrected chi connectivity index (χ4v) is 4.97. The maximum atomic E-state index is 13.5. The van der Waals surface area contributed by atoms with E-state index in [9.17, 15) is 14.7 Å². The SMILES string of the molecule is COc1ccccc1-c1ccc(C[C@H](NC(=O)C2(c3cccnc3)CCC(C)C2)C(=O)O)cc1. The number of methoxy groups -OCH3 is 1. The van der Waals surface area contributed by atoms with E-state index in [2.05, 4.69) is 17.2 Å². The van der Waals surface area contributed by atoms with E-state index in [4.69, 9.17) is 4.74 Å². The number of hydrogen-bond donors (Lipinski definition) is 2. The van der Waals surface area contributed by atoms with Gasteiger partial charge in [0.15, 0.2) is 0 Å². The predicted octanol–water partition coefficient (Wildman–Crippen LogP) is 4.63. The molecule has 34 heavy (non-hydrogen) atoms. The fraction of sp³-hybridized carbons (Fsp3) is 0.321. The summed E-state index contributed by atoms with van der Waals surface area (Å²) in [5.74, 6) is -0.119. The van der Waals surface area contributed by atoms with E-state index in [1.54, 1.807) is 19.5 Å². The molecule has 1 aromatic heterocycles. The van der Waals surface area contributed by atoms with Gasteiger partial charge in [-0.25, -0.2) is 4.79 Å². The van der Waals surface area contributed by atoms with Crippen LogP contribution in [0.5, 0.6) is 5.75 Å². The summed E-state index contributed by atoms with van der Waals surface area (Å²) in [6.45, 7) is 2.13. The van der Waals surface area contributed by atoms with Gasteiger partial charge in [-0.3, -0.25) is 9.78 Å². The number of carbonyl (C=O) groups is 2. The number of nitrogens with one attached hydrogen (secondary N) is 1. The summed E-state index contributed by atoms with van der Waals surface area (Å²) in [6, 6.07) is 18.2. The zero-order valence-corrected chi connectivity index (χ0v) is 19.5. The molecule has 1 fully saturated rings. The van der Waals surface area contributed by atoms with Crippen LogP contribution in [-0.4, -0.2) is 35.1 Å². The summed E-state index contributed by atoms with van der Waals surface area (Å²) in [7, 11) is 1.64. The minimum atomic E-state index is -1.05. The van der Waals surface area contributed by atoms with Crippen LogP contribution in [0, 0.1) is 5.92 Å². The first-order valence-corrected chi connectivity index (χ1v) is 11.6. The Balaban J connectivity index is 1.53. The highest BCUT2D eigenvalue weighted by Gasteiger charge is 2.46. The number of hydrogen-bond acceptors (Lipinski definition) is 4. The highest BCUT2D eigenvalue weighted by molar-refractivity contribution is 5.92. The third kappa shape index (κ3) is 4.81. The van der Waals surface area contributed by atoms with Crippen LogP contribution in [0.3, 0.4) is 0 Å². The zero-order chi connectivity index (χ0) is 24.1. The van der Waals surface area contributed by atoms with Crippen molar-refractivity contribution in [2.75, 3.05) is 7.11 Å². The van der Waals surface area contributed by atoms with Crippen molar-refractivity contribution in [2.24, 2.45) is 5.92 Å². The van der Waals surface area contributed by atoms with E-state index < -0.39 is 17.4 Å². The Morgan fingerprint density at radius 1 is 1.15 bits per heavy atom. The second kappa shape index (κ2) is 10.1. The van der Waals surface area contributed by atoms with Crippen molar-refractivity contribution in [3.8, 4) is 16.9 Å². The number of pyridine rings is 1. The summed E-state index contributed by atoms with van der Waals surface area (Å²) in [6.07, 6.45) is 5.90. The minimum Gasteiger partial charge on any atom is -0.496 e. The summed E-state index contributed by atoms with van der Waals surface area (Å²) >= 11 is 0. The Morgan fingerprint density at radius 3 is 2.53 bits per heavy atom. The molecule has 3 atom stereocenters. The Kier molecular flexibility index (Phi) is 6.96. The molecule has 176 valence electrons. The van der Waals surface area contributed by atoms with E-state index in [0.29, 0.717) is 18.8 Å². The first-order valence-electron chi connectivity index (χ1n) is 11.6. The quantitative estimate of drug-likeness (QED) is 0.514. The van der Waals surface area contributed by atoms with E-state index in [0.717, 1.165) is 34.4 Å². The minimum absolute atomic E-state index is 0.200. The lowest BCUT2D eigenvalue weighted by molar-refractivity contribution is -0.142. The molecule has 6 heteroatoms. The molecular formula is C28H30N2O4. The van der Waals surface area contributed by atoms with Crippen LogP contribution in [0.4, 0.5) is 0 Å². The van der Waals surface area contributed by atoms with Crippen LogP contribution in [0.1, 0.15) is 37.3 Å². The molecular weight excluding hydrogens is 428 g/mol. The number of carbonyl (C=O) groups excluding carboxylic acids is 1. The largest absolute Gasteiger partial charge is 0.496 e. The average molecular weight is 459 g/mol. The second-order valence-corrected chi connectivity index (χ2v) is 9.14. The van der Waals surface area contributed by atoms with E-state index in [1.165, 1.54) is 0 Å². The molecule has 0 saturated heterocycles. The maximum Gasteiger partial charge on any atom is 0.326 e. The van der Waals surface area contributed by atoms with Crippen molar-refractivity contribution in [3.63, 3.8) is 0 Å². The molecule has 1 aliphatic carbocycles. The third-order valence-electron chi connectivity index (χ3n) is 6.82. The highest BCUT2D eigenvalue weighted by Crippen LogP contribution is 2.44. The molecule has 4 rings (SSSR count). The number of para-hydroxylation sites is 1. The van der Waals surface area contributed by atoms with Gasteiger partial charge in [-0.05, 0) is 54.0 Å². The van der Waals surface area contributed by atoms with Gasteiger partial charge in [0.05, 0.1) is 12.5 Å². The second-order valence-electron chi connectivity index (χ2n) is 9.14. The molecule has 0 aliphatic heterocycles. The van der Waals surface area contributed by atoms with Crippen LogP contribution in [0.2, 0.25) is 0 Å². The van der Waals surface area contributed by atoms with Gasteiger partial charge in [0.25, 0.3) is 0 Å². The predicted molar refractivity (Wildman–Crippen MR) is 131 cm³/mol. The standard InChI is InChI=1S/C28H30N2O4/c1-19-13-14-28(17-19,22-6-5-15-29-18-22)27(33)30-24(26(31)32)16-20-9-11-21(12-10-20)23-7-3-4-8-25(23)34-2/h3-12,15,18-19,24H,13-14,16-17H2,1-2H3,(H,30,33)(H,31,32)/t19?,24-,28?/m0/s1. The van der Waals surface area contributed by atoms with Crippen LogP contribution >= 0.6 is 0 Å². The smallest absolute Gasteiger partial charge is 0.326 e. The van der Waals surface area contributed by atoms with Crippen LogP contribution in [0.25, 0.3) is 11.1 Å². The fourth-order valence-electron chi connectivity index (χ4n) is 4.97. The summed E-state index contributed by atoms with van der Waals surface area (Å²) in [5, 5.41) is 12.7. The molecule has 0 spiro atoms. The Bertz CT molecular complexity index is 1150. The Labute approximate surface area is 200 Å². The molecule has 1 aliphatic rings. The molecule has 1 saturated carbocycles. The van der Waals surface area contributed by atoms with Crippen molar-refractivity contribution in [1.29, 1.82) is 0 Å². The van der Waals surface area contributed by atoms with Gasteiger partial charge in [-0.2, -0.15) is 0 Å². The number of benzene rings is 2. The van der Waals surface area contributed by atoms with Crippen LogP contribution in [0.15, 0.2) is 73.1 Å². The van der Waals surface area contributed by atoms with Gasteiger partial charge in [0.1, 0.15) is 11.8 Å². The molecule has 0 bridgehead atoms. The van der Waals surface area contributed by atoms with E-state index in [1.807, 2.05) is 60.7 Å². The van der Waals surface area contributed by atoms with Crippen LogP contribution < -0.4 is 10.1 Å². The number of aliphatic carboxylic acids is 1. The van der Waals surface area contributed by atoms with Gasteiger partial charge >= 0.3 is 5.97 Å². The van der Waals surface area contributed by atoms with Gasteiger partial charge in [-0.15, -0.1) is 0 Å². The molecule has 3 aromatic rings. The first kappa shape index (κ1) is 23.5. The Hall–Kier alpha value is -3.67. The number of carboxylic acid groups (broad SMARTS) is 1. The van der Waals surface area contributed by atoms with Crippen molar-refractivity contribution < 1.29 is 19.4 Å². The van der Waals surface area contributed by atoms with E-state index >= 15 is 0 Å². The molecule has 1 heterocycles. The number of rotatable bonds is 8. The molecule has 1 amide bonds. The molecule has 6 nitrogen and oxygen atoms in total. The van der Waals surface area contributed by atoms with Crippen molar-refractivity contribution >= 4 is 11.9 Å². The van der Waals surface area contributed by atoms with Gasteiger partial charge in [0, 0.05) is 24.4 Å². The highest BCUT2D eigenvalue weighted by atomic mass is 16.5. The van der Waals surface area contributed by atoms with E-state index in [-0.39, 0.29) is 12.3 Å². The average Bonchev–Trinajstić information content (AvgIpc) is 3.27. The van der Waals surface area contributed by atoms with Gasteiger partial charge in [0.2, 0.25) is 5.91 Å².